The highest BCUT2D eigenvalue weighted by molar-refractivity contribution is 5.79. The first-order valence-corrected chi connectivity index (χ1v) is 31.4. The highest BCUT2D eigenvalue weighted by atomic mass is 16.6. The number of nitrogens with zero attached hydrogens (tertiary/aromatic N) is 1. The van der Waals surface area contributed by atoms with Gasteiger partial charge in [0.05, 0.1) is 41.7 Å². The Kier molecular flexibility index (Phi) is 12.6. The predicted molar refractivity (Wildman–Crippen MR) is 304 cm³/mol. The SMILES string of the molecule is CC1=C2C[C@H]3[C@@H](CC=C4C[C@@H](O)CC[C@@]43C)[C@@H]2CC[C@]12O[C@@H]1C[C@H](C)CN(C(=O)OCC3c4ccccc4-c4ccccc43)[C@H]1[C@H]2C.CC1=C2C[C@H]3[C@@H](CC=C4C[C@@H](O)CC[C@@]43C)[C@@H]2CC[C@]12O[C@@H]1C[C@H](C)CN[C@H]1[C@H]2C. The van der Waals surface area contributed by atoms with E-state index in [1.807, 2.05) is 0 Å². The summed E-state index contributed by atoms with van der Waals surface area (Å²) >= 11 is 0. The third-order valence-corrected chi connectivity index (χ3v) is 25.4. The summed E-state index contributed by atoms with van der Waals surface area (Å²) in [6.07, 6.45) is 22.8. The van der Waals surface area contributed by atoms with Crippen LogP contribution in [-0.2, 0) is 14.2 Å². The van der Waals surface area contributed by atoms with E-state index in [2.05, 4.69) is 126 Å². The second kappa shape index (κ2) is 18.8. The number of carbonyl (C=O) groups excluding carboxylic acids is 1. The lowest BCUT2D eigenvalue weighted by Crippen LogP contribution is -2.54. The van der Waals surface area contributed by atoms with Gasteiger partial charge in [-0.1, -0.05) is 125 Å². The van der Waals surface area contributed by atoms with E-state index < -0.39 is 0 Å². The normalized spacial score (nSPS) is 46.0. The first kappa shape index (κ1) is 51.6. The molecule has 2 spiro atoms. The number of hydrogen-bond donors (Lipinski definition) is 3. The topological polar surface area (TPSA) is 100 Å². The fourth-order valence-electron chi connectivity index (χ4n) is 21.3. The molecule has 0 unspecified atom stereocenters. The molecule has 4 heterocycles. The summed E-state index contributed by atoms with van der Waals surface area (Å²) in [7, 11) is 0. The maximum Gasteiger partial charge on any atom is 0.410 e. The molecule has 0 radical (unpaired) electrons. The van der Waals surface area contributed by atoms with Crippen molar-refractivity contribution in [1.29, 1.82) is 0 Å². The van der Waals surface area contributed by atoms with Crippen molar-refractivity contribution >= 4 is 6.09 Å². The Labute approximate surface area is 461 Å². The Hall–Kier alpha value is -3.53. The van der Waals surface area contributed by atoms with E-state index in [0.29, 0.717) is 53.8 Å². The van der Waals surface area contributed by atoms with Crippen LogP contribution in [0.3, 0.4) is 0 Å². The smallest absolute Gasteiger partial charge is 0.410 e. The number of benzene rings is 2. The van der Waals surface area contributed by atoms with Gasteiger partial charge in [0.25, 0.3) is 0 Å². The second-order valence-electron chi connectivity index (χ2n) is 28.8. The van der Waals surface area contributed by atoms with E-state index in [4.69, 9.17) is 14.2 Å². The maximum absolute atomic E-state index is 14.1. The zero-order chi connectivity index (χ0) is 53.1. The molecule has 4 saturated carbocycles. The number of carbonyl (C=O) groups is 1. The van der Waals surface area contributed by atoms with Crippen LogP contribution in [-0.4, -0.2) is 88.6 Å². The van der Waals surface area contributed by atoms with Crippen LogP contribution in [0.5, 0.6) is 0 Å². The molecule has 0 bridgehead atoms. The number of aliphatic hydroxyl groups excluding tert-OH is 2. The lowest BCUT2D eigenvalue weighted by atomic mass is 9.56. The Morgan fingerprint density at radius 1 is 0.675 bits per heavy atom. The quantitative estimate of drug-likeness (QED) is 0.258. The summed E-state index contributed by atoms with van der Waals surface area (Å²) in [5.41, 5.74) is 14.8. The molecule has 8 nitrogen and oxygen atoms in total. The van der Waals surface area contributed by atoms with Crippen LogP contribution in [0, 0.1) is 70.0 Å². The number of fused-ring (bicyclic) bond motifs is 15. The molecule has 15 rings (SSSR count). The molecule has 13 aliphatic rings. The van der Waals surface area contributed by atoms with Crippen molar-refractivity contribution in [3.63, 3.8) is 0 Å². The average Bonchev–Trinajstić information content (AvgIpc) is 4.43. The molecule has 2 aromatic rings. The first-order chi connectivity index (χ1) is 37.0. The van der Waals surface area contributed by atoms with Crippen molar-refractivity contribution in [1.82, 2.24) is 10.2 Å². The van der Waals surface area contributed by atoms with Gasteiger partial charge < -0.3 is 34.6 Å². The van der Waals surface area contributed by atoms with E-state index in [1.165, 1.54) is 84.8 Å². The first-order valence-electron chi connectivity index (χ1n) is 31.4. The number of ether oxygens (including phenoxy) is 3. The zero-order valence-electron chi connectivity index (χ0n) is 48.0. The number of hydrogen-bond acceptors (Lipinski definition) is 7. The lowest BCUT2D eigenvalue weighted by Gasteiger charge is -2.49. The van der Waals surface area contributed by atoms with Gasteiger partial charge in [-0.3, -0.25) is 0 Å². The highest BCUT2D eigenvalue weighted by Crippen LogP contribution is 2.67. The van der Waals surface area contributed by atoms with Gasteiger partial charge in [-0.15, -0.1) is 0 Å². The van der Waals surface area contributed by atoms with Crippen molar-refractivity contribution in [2.75, 3.05) is 19.7 Å². The van der Waals surface area contributed by atoms with Gasteiger partial charge in [0.15, 0.2) is 0 Å². The standard InChI is InChI=1S/C42H51NO4.C27H41NO2/c1-24-19-38-39(43(22-24)40(45)46-23-36-31-11-7-5-9-29(31)30-10-6-8-12-32(30)36)26(3)42(47-38)18-16-33-34-14-13-27-20-28(44)15-17-41(27,4)37(34)21-35(33)25(42)2;1-15-11-24-25(28-14-15)17(3)27(30-24)10-8-20-21-6-5-18-12-19(29)7-9-26(18,4)23(21)13-22(20)16(27)2/h5-13,24,26,28,33-34,36-39,44H,14-23H2,1-4H3;5,15,17,19-21,23-25,28-29H,6-14H2,1-4H3/t24-,26+,28-,33-,34-,37-,38+,39-,41-,42-;15-,17+,19-,20-,21-,23-,24+,25-,26-,27-/m00/s1. The number of rotatable bonds is 2. The van der Waals surface area contributed by atoms with Gasteiger partial charge in [-0.05, 0) is 215 Å². The molecule has 20 atom stereocenters. The minimum Gasteiger partial charge on any atom is -0.448 e. The summed E-state index contributed by atoms with van der Waals surface area (Å²) in [6, 6.07) is 17.7. The fourth-order valence-corrected chi connectivity index (χ4v) is 21.3. The summed E-state index contributed by atoms with van der Waals surface area (Å²) < 4.78 is 20.6. The molecule has 1 amide bonds. The fraction of sp³-hybridized carbons (Fsp3) is 0.696. The zero-order valence-corrected chi connectivity index (χ0v) is 48.0. The van der Waals surface area contributed by atoms with Gasteiger partial charge in [0.2, 0.25) is 0 Å². The van der Waals surface area contributed by atoms with Crippen molar-refractivity contribution < 1.29 is 29.2 Å². The van der Waals surface area contributed by atoms with Gasteiger partial charge in [0, 0.05) is 30.3 Å². The summed E-state index contributed by atoms with van der Waals surface area (Å²) in [5.74, 6) is 6.29. The monoisotopic (exact) mass is 1040 g/mol. The third kappa shape index (κ3) is 7.68. The van der Waals surface area contributed by atoms with E-state index in [-0.39, 0.29) is 58.9 Å². The highest BCUT2D eigenvalue weighted by Gasteiger charge is 2.64. The van der Waals surface area contributed by atoms with Gasteiger partial charge >= 0.3 is 6.09 Å². The number of nitrogens with one attached hydrogen (secondary N) is 1. The Balaban J connectivity index is 0.000000155. The Morgan fingerprint density at radius 2 is 1.19 bits per heavy atom. The van der Waals surface area contributed by atoms with E-state index in [1.54, 1.807) is 22.3 Å². The van der Waals surface area contributed by atoms with E-state index in [9.17, 15) is 15.0 Å². The minimum atomic E-state index is -0.305. The second-order valence-corrected chi connectivity index (χ2v) is 28.8. The summed E-state index contributed by atoms with van der Waals surface area (Å²) in [5, 5.41) is 24.6. The molecule has 3 N–H and O–H groups in total. The van der Waals surface area contributed by atoms with Crippen LogP contribution in [0.1, 0.15) is 175 Å². The van der Waals surface area contributed by atoms with E-state index >= 15 is 0 Å². The third-order valence-electron chi connectivity index (χ3n) is 25.4. The van der Waals surface area contributed by atoms with Crippen LogP contribution in [0.15, 0.2) is 94.1 Å². The largest absolute Gasteiger partial charge is 0.448 e. The molecule has 8 fully saturated rings. The average molecular weight is 1050 g/mol. The van der Waals surface area contributed by atoms with Crippen molar-refractivity contribution in [2.45, 2.75) is 212 Å². The maximum atomic E-state index is 14.1. The Bertz CT molecular complexity index is 2780. The van der Waals surface area contributed by atoms with Crippen LogP contribution in [0.25, 0.3) is 11.1 Å². The molecule has 8 heteroatoms. The Morgan fingerprint density at radius 3 is 1.77 bits per heavy atom. The van der Waals surface area contributed by atoms with Gasteiger partial charge in [0.1, 0.15) is 6.61 Å². The molecule has 4 saturated heterocycles. The molecule has 77 heavy (non-hydrogen) atoms. The van der Waals surface area contributed by atoms with Crippen molar-refractivity contribution in [3.8, 4) is 11.1 Å². The summed E-state index contributed by atoms with van der Waals surface area (Å²) in [6.45, 7) is 21.5. The molecule has 4 aliphatic heterocycles. The van der Waals surface area contributed by atoms with Crippen molar-refractivity contribution in [2.24, 2.45) is 70.0 Å². The van der Waals surface area contributed by atoms with E-state index in [0.717, 1.165) is 88.1 Å². The van der Waals surface area contributed by atoms with Gasteiger partial charge in [-0.2, -0.15) is 0 Å². The molecular weight excluding hydrogens is 953 g/mol. The molecule has 2 aromatic carbocycles. The van der Waals surface area contributed by atoms with Crippen molar-refractivity contribution in [3.05, 3.63) is 105 Å². The number of aliphatic hydroxyl groups is 2. The molecule has 414 valence electrons. The number of allylic oxidation sites excluding steroid dienone is 4. The molecule has 9 aliphatic carbocycles. The van der Waals surface area contributed by atoms with Crippen LogP contribution in [0.2, 0.25) is 0 Å². The minimum absolute atomic E-state index is 0.0222. The van der Waals surface area contributed by atoms with Crippen LogP contribution >= 0.6 is 0 Å². The van der Waals surface area contributed by atoms with Crippen LogP contribution < -0.4 is 5.32 Å². The molecule has 0 aromatic heterocycles. The predicted octanol–water partition coefficient (Wildman–Crippen LogP) is 13.7. The van der Waals surface area contributed by atoms with Gasteiger partial charge in [-0.25, -0.2) is 4.79 Å². The number of amides is 1. The van der Waals surface area contributed by atoms with Crippen LogP contribution in [0.4, 0.5) is 4.79 Å². The lowest BCUT2D eigenvalue weighted by molar-refractivity contribution is -0.0637. The number of likely N-dealkylation sites (tertiary alicyclic amines) is 1. The molecular formula is C69H92N2O6. The summed E-state index contributed by atoms with van der Waals surface area (Å²) in [4.78, 5) is 16.2. The number of piperidine rings is 2.